The number of carbonyl (C=O) groups is 1. The van der Waals surface area contributed by atoms with Gasteiger partial charge in [0.2, 0.25) is 4.77 Å². The van der Waals surface area contributed by atoms with Gasteiger partial charge in [0.15, 0.2) is 19.0 Å². The van der Waals surface area contributed by atoms with E-state index in [1.165, 1.54) is 0 Å². The second-order valence-corrected chi connectivity index (χ2v) is 7.93. The van der Waals surface area contributed by atoms with E-state index >= 15 is 0 Å². The molecule has 0 aliphatic carbocycles. The Hall–Kier alpha value is -1.99. The molecule has 2 aromatic rings. The number of hydrogen-bond donors (Lipinski definition) is 2. The van der Waals surface area contributed by atoms with Crippen LogP contribution in [0.15, 0.2) is 24.3 Å². The predicted molar refractivity (Wildman–Crippen MR) is 102 cm³/mol. The number of likely N-dealkylation sites (N-methyl/N-ethyl adjacent to an activating group) is 1. The number of aryl methyl sites for hydroxylation is 1. The fourth-order valence-electron chi connectivity index (χ4n) is 2.70. The molecule has 0 fully saturated rings. The van der Waals surface area contributed by atoms with Crippen molar-refractivity contribution < 1.29 is 9.69 Å². The number of rotatable bonds is 5. The molecule has 1 aromatic carbocycles. The van der Waals surface area contributed by atoms with Crippen LogP contribution in [0.5, 0.6) is 0 Å². The van der Waals surface area contributed by atoms with E-state index in [2.05, 4.69) is 23.4 Å². The van der Waals surface area contributed by atoms with Crippen molar-refractivity contribution in [1.29, 1.82) is 0 Å². The summed E-state index contributed by atoms with van der Waals surface area (Å²) in [5.74, 6) is 0.863. The van der Waals surface area contributed by atoms with Crippen molar-refractivity contribution in [2.45, 2.75) is 39.9 Å². The van der Waals surface area contributed by atoms with Gasteiger partial charge in [-0.25, -0.2) is 0 Å². The zero-order valence-electron chi connectivity index (χ0n) is 15.9. The van der Waals surface area contributed by atoms with Crippen LogP contribution in [0.1, 0.15) is 26.3 Å². The second kappa shape index (κ2) is 7.49. The predicted octanol–water partition coefficient (Wildman–Crippen LogP) is 1.31. The number of amides is 1. The molecule has 0 bridgehead atoms. The van der Waals surface area contributed by atoms with Gasteiger partial charge in [-0.1, -0.05) is 24.3 Å². The van der Waals surface area contributed by atoms with Gasteiger partial charge in [-0.2, -0.15) is 4.68 Å². The number of aromatic nitrogens is 3. The molecule has 25 heavy (non-hydrogen) atoms. The van der Waals surface area contributed by atoms with Crippen LogP contribution in [0.2, 0.25) is 0 Å². The topological polar surface area (TPSA) is 56.3 Å². The lowest BCUT2D eigenvalue weighted by Crippen LogP contribution is -3.09. The molecule has 1 unspecified atom stereocenters. The first-order valence-electron chi connectivity index (χ1n) is 8.40. The van der Waals surface area contributed by atoms with E-state index in [9.17, 15) is 4.79 Å². The molecule has 7 heteroatoms. The molecule has 0 aliphatic rings. The Morgan fingerprint density at radius 1 is 1.32 bits per heavy atom. The summed E-state index contributed by atoms with van der Waals surface area (Å²) in [4.78, 5) is 13.1. The van der Waals surface area contributed by atoms with Gasteiger partial charge in [-0.05, 0) is 45.5 Å². The molecule has 136 valence electrons. The molecule has 0 spiro atoms. The van der Waals surface area contributed by atoms with Gasteiger partial charge in [-0.15, -0.1) is 5.10 Å². The smallest absolute Gasteiger partial charge is 0.275 e. The van der Waals surface area contributed by atoms with Crippen molar-refractivity contribution in [1.82, 2.24) is 19.7 Å². The van der Waals surface area contributed by atoms with Crippen LogP contribution >= 0.6 is 12.2 Å². The second-order valence-electron chi connectivity index (χ2n) is 7.57. The summed E-state index contributed by atoms with van der Waals surface area (Å²) in [7, 11) is 3.89. The Morgan fingerprint density at radius 3 is 2.56 bits per heavy atom. The van der Waals surface area contributed by atoms with Gasteiger partial charge in [0.05, 0.1) is 7.05 Å². The highest BCUT2D eigenvalue weighted by Gasteiger charge is 2.19. The van der Waals surface area contributed by atoms with E-state index in [1.807, 2.05) is 57.6 Å². The van der Waals surface area contributed by atoms with Crippen LogP contribution < -0.4 is 10.2 Å². The van der Waals surface area contributed by atoms with Crippen molar-refractivity contribution in [3.05, 3.63) is 34.6 Å². The van der Waals surface area contributed by atoms with E-state index in [4.69, 9.17) is 12.2 Å². The van der Waals surface area contributed by atoms with Gasteiger partial charge in [0.1, 0.15) is 0 Å². The number of nitrogens with one attached hydrogen (secondary N) is 2. The summed E-state index contributed by atoms with van der Waals surface area (Å²) in [6.45, 7) is 8.90. The van der Waals surface area contributed by atoms with E-state index in [0.717, 1.165) is 21.9 Å². The Morgan fingerprint density at radius 2 is 1.96 bits per heavy atom. The minimum absolute atomic E-state index is 0.0200. The van der Waals surface area contributed by atoms with Crippen molar-refractivity contribution in [3.8, 4) is 11.4 Å². The highest BCUT2D eigenvalue weighted by atomic mass is 32.1. The minimum Gasteiger partial charge on any atom is -0.347 e. The third-order valence-electron chi connectivity index (χ3n) is 3.82. The number of carbonyl (C=O) groups excluding carboxylic acids is 1. The van der Waals surface area contributed by atoms with Crippen LogP contribution in [0.3, 0.4) is 0 Å². The third kappa shape index (κ3) is 4.99. The molecule has 0 saturated heterocycles. The van der Waals surface area contributed by atoms with Gasteiger partial charge in [0.25, 0.3) is 5.91 Å². The van der Waals surface area contributed by atoms with E-state index in [0.29, 0.717) is 18.0 Å². The summed E-state index contributed by atoms with van der Waals surface area (Å²) in [6, 6.07) is 8.12. The van der Waals surface area contributed by atoms with Crippen LogP contribution in [-0.2, 0) is 18.5 Å². The maximum atomic E-state index is 12.1. The first-order chi connectivity index (χ1) is 11.6. The lowest BCUT2D eigenvalue weighted by Gasteiger charge is -2.21. The average Bonchev–Trinajstić information content (AvgIpc) is 2.74. The highest BCUT2D eigenvalue weighted by molar-refractivity contribution is 7.71. The molecule has 0 radical (unpaired) electrons. The summed E-state index contributed by atoms with van der Waals surface area (Å²) < 4.78 is 4.35. The monoisotopic (exact) mass is 362 g/mol. The lowest BCUT2D eigenvalue weighted by atomic mass is 10.1. The zero-order valence-corrected chi connectivity index (χ0v) is 16.7. The Balaban J connectivity index is 2.16. The maximum Gasteiger partial charge on any atom is 0.275 e. The number of quaternary nitrogens is 1. The van der Waals surface area contributed by atoms with Crippen molar-refractivity contribution in [2.75, 3.05) is 13.6 Å². The zero-order chi connectivity index (χ0) is 18.8. The van der Waals surface area contributed by atoms with Crippen LogP contribution in [-0.4, -0.2) is 39.4 Å². The normalized spacial score (nSPS) is 12.9. The van der Waals surface area contributed by atoms with Crippen LogP contribution in [0, 0.1) is 11.7 Å². The van der Waals surface area contributed by atoms with Crippen molar-refractivity contribution in [2.24, 2.45) is 7.05 Å². The summed E-state index contributed by atoms with van der Waals surface area (Å²) in [5, 5.41) is 7.66. The van der Waals surface area contributed by atoms with Gasteiger partial charge >= 0.3 is 0 Å². The van der Waals surface area contributed by atoms with Crippen LogP contribution in [0.4, 0.5) is 0 Å². The van der Waals surface area contributed by atoms with Crippen molar-refractivity contribution >= 4 is 18.1 Å². The molecule has 2 rings (SSSR count). The molecule has 0 aliphatic heterocycles. The molecule has 6 nitrogen and oxygen atoms in total. The molecule has 1 aromatic heterocycles. The van der Waals surface area contributed by atoms with Crippen LogP contribution in [0.25, 0.3) is 11.4 Å². The Kier molecular flexibility index (Phi) is 5.80. The summed E-state index contributed by atoms with van der Waals surface area (Å²) in [6.07, 6.45) is 0. The molecule has 2 N–H and O–H groups in total. The highest BCUT2D eigenvalue weighted by Crippen LogP contribution is 2.20. The largest absolute Gasteiger partial charge is 0.347 e. The minimum atomic E-state index is -0.226. The lowest BCUT2D eigenvalue weighted by molar-refractivity contribution is -0.895. The summed E-state index contributed by atoms with van der Waals surface area (Å²) in [5.41, 5.74) is 2.00. The fourth-order valence-corrected chi connectivity index (χ4v) is 2.89. The first-order valence-corrected chi connectivity index (χ1v) is 8.81. The molecule has 1 atom stereocenters. The molecule has 1 amide bonds. The molecular weight excluding hydrogens is 334 g/mol. The maximum absolute atomic E-state index is 12.1. The molecular formula is C18H28N5OS+. The Bertz CT molecular complexity index is 816. The van der Waals surface area contributed by atoms with Crippen molar-refractivity contribution in [3.63, 3.8) is 0 Å². The van der Waals surface area contributed by atoms with Gasteiger partial charge in [-0.3, -0.25) is 4.79 Å². The Labute approximate surface area is 154 Å². The van der Waals surface area contributed by atoms with Gasteiger partial charge < -0.3 is 14.8 Å². The number of nitrogens with zero attached hydrogens (tertiary/aromatic N) is 3. The number of benzene rings is 1. The quantitative estimate of drug-likeness (QED) is 0.789. The first kappa shape index (κ1) is 19.3. The average molecular weight is 363 g/mol. The molecule has 1 heterocycles. The van der Waals surface area contributed by atoms with E-state index in [1.54, 1.807) is 4.68 Å². The third-order valence-corrected chi connectivity index (χ3v) is 4.31. The SMILES string of the molecule is Cc1ccccc1-c1nn(C[NH+](C)CC(=O)NC(C)(C)C)c(=S)n1C. The fraction of sp³-hybridized carbons (Fsp3) is 0.500. The molecule has 0 saturated carbocycles. The van der Waals surface area contributed by atoms with E-state index < -0.39 is 0 Å². The standard InChI is InChI=1S/C18H27N5OS/c1-13-9-7-8-10-14(13)16-20-23(17(25)22(16)6)12-21(5)11-15(24)19-18(2,3)4/h7-10H,11-12H2,1-6H3,(H,19,24)/p+1. The van der Waals surface area contributed by atoms with Gasteiger partial charge in [0, 0.05) is 18.2 Å². The summed E-state index contributed by atoms with van der Waals surface area (Å²) >= 11 is 5.53. The van der Waals surface area contributed by atoms with E-state index in [-0.39, 0.29) is 11.4 Å². The number of hydrogen-bond acceptors (Lipinski definition) is 3.